The van der Waals surface area contributed by atoms with Crippen LogP contribution in [0.15, 0.2) is 36.4 Å². The minimum absolute atomic E-state index is 1.09. The summed E-state index contributed by atoms with van der Waals surface area (Å²) in [5.41, 5.74) is 2.74. The van der Waals surface area contributed by atoms with Gasteiger partial charge in [0.05, 0.1) is 0 Å². The number of rotatable bonds is 2. The molecule has 78 valence electrons. The van der Waals surface area contributed by atoms with Crippen LogP contribution in [0.5, 0.6) is 0 Å². The van der Waals surface area contributed by atoms with Crippen molar-refractivity contribution in [3.05, 3.63) is 42.0 Å². The number of benzene rings is 2. The highest BCUT2D eigenvalue weighted by molar-refractivity contribution is 5.96. The molecule has 0 amide bonds. The van der Waals surface area contributed by atoms with E-state index in [1.807, 2.05) is 0 Å². The number of anilines is 1. The first-order valence-electron chi connectivity index (χ1n) is 5.42. The summed E-state index contributed by atoms with van der Waals surface area (Å²) in [6, 6.07) is 13.0. The lowest BCUT2D eigenvalue weighted by atomic mass is 10.0. The Kier molecular flexibility index (Phi) is 2.63. The second-order valence-electron chi connectivity index (χ2n) is 4.04. The summed E-state index contributed by atoms with van der Waals surface area (Å²) < 4.78 is 0. The molecule has 0 atom stereocenters. The summed E-state index contributed by atoms with van der Waals surface area (Å²) in [5.74, 6) is 0. The van der Waals surface area contributed by atoms with Crippen molar-refractivity contribution in [2.45, 2.75) is 13.3 Å². The highest BCUT2D eigenvalue weighted by Gasteiger charge is 2.05. The van der Waals surface area contributed by atoms with Crippen molar-refractivity contribution < 1.29 is 0 Å². The zero-order chi connectivity index (χ0) is 10.8. The van der Waals surface area contributed by atoms with Crippen LogP contribution >= 0.6 is 0 Å². The van der Waals surface area contributed by atoms with Crippen molar-refractivity contribution in [1.29, 1.82) is 0 Å². The summed E-state index contributed by atoms with van der Waals surface area (Å²) in [6.45, 7) is 2.21. The van der Waals surface area contributed by atoms with Crippen LogP contribution in [0.1, 0.15) is 12.5 Å². The summed E-state index contributed by atoms with van der Waals surface area (Å²) in [5, 5.41) is 2.73. The molecule has 2 aromatic carbocycles. The molecule has 0 aliphatic heterocycles. The van der Waals surface area contributed by atoms with Gasteiger partial charge in [0.2, 0.25) is 0 Å². The molecule has 1 heteroatoms. The minimum atomic E-state index is 1.09. The largest absolute Gasteiger partial charge is 0.377 e. The summed E-state index contributed by atoms with van der Waals surface area (Å²) in [6.07, 6.45) is 1.09. The molecule has 0 bridgehead atoms. The number of nitrogens with zero attached hydrogens (tertiary/aromatic N) is 1. The van der Waals surface area contributed by atoms with Crippen molar-refractivity contribution in [3.8, 4) is 0 Å². The zero-order valence-corrected chi connectivity index (χ0v) is 9.62. The van der Waals surface area contributed by atoms with E-state index in [0.29, 0.717) is 0 Å². The quantitative estimate of drug-likeness (QED) is 0.716. The van der Waals surface area contributed by atoms with Crippen LogP contribution in [-0.2, 0) is 6.42 Å². The first kappa shape index (κ1) is 10.0. The van der Waals surface area contributed by atoms with Gasteiger partial charge in [0.15, 0.2) is 0 Å². The Morgan fingerprint density at radius 1 is 1.00 bits per heavy atom. The predicted molar refractivity (Wildman–Crippen MR) is 67.7 cm³/mol. The van der Waals surface area contributed by atoms with E-state index >= 15 is 0 Å². The lowest BCUT2D eigenvalue weighted by Crippen LogP contribution is -2.09. The van der Waals surface area contributed by atoms with Gasteiger partial charge in [-0.2, -0.15) is 0 Å². The van der Waals surface area contributed by atoms with Gasteiger partial charge in [-0.1, -0.05) is 37.3 Å². The van der Waals surface area contributed by atoms with E-state index in [-0.39, 0.29) is 0 Å². The molecule has 2 aromatic rings. The Hall–Kier alpha value is -1.50. The Morgan fingerprint density at radius 2 is 1.67 bits per heavy atom. The first-order valence-corrected chi connectivity index (χ1v) is 5.42. The maximum absolute atomic E-state index is 2.22. The van der Waals surface area contributed by atoms with Gasteiger partial charge in [-0.3, -0.25) is 0 Å². The van der Waals surface area contributed by atoms with Crippen molar-refractivity contribution >= 4 is 16.5 Å². The predicted octanol–water partition coefficient (Wildman–Crippen LogP) is 3.47. The van der Waals surface area contributed by atoms with Gasteiger partial charge in [-0.25, -0.2) is 0 Å². The van der Waals surface area contributed by atoms with E-state index in [2.05, 4.69) is 62.3 Å². The van der Waals surface area contributed by atoms with Gasteiger partial charge >= 0.3 is 0 Å². The maximum atomic E-state index is 2.22. The molecule has 0 aliphatic rings. The third-order valence-electron chi connectivity index (χ3n) is 2.83. The van der Waals surface area contributed by atoms with Crippen LogP contribution in [-0.4, -0.2) is 14.1 Å². The fraction of sp³-hybridized carbons (Fsp3) is 0.286. The monoisotopic (exact) mass is 199 g/mol. The molecule has 0 aliphatic carbocycles. The molecule has 0 heterocycles. The maximum Gasteiger partial charge on any atom is 0.0443 e. The van der Waals surface area contributed by atoms with E-state index in [1.165, 1.54) is 22.0 Å². The number of aryl methyl sites for hydroxylation is 1. The molecule has 0 fully saturated rings. The smallest absolute Gasteiger partial charge is 0.0443 e. The zero-order valence-electron chi connectivity index (χ0n) is 9.62. The SMILES string of the molecule is CCc1cccc2cccc(N(C)C)c12. The van der Waals surface area contributed by atoms with Gasteiger partial charge in [0, 0.05) is 25.2 Å². The van der Waals surface area contributed by atoms with Crippen molar-refractivity contribution in [1.82, 2.24) is 0 Å². The molecule has 2 rings (SSSR count). The fourth-order valence-electron chi connectivity index (χ4n) is 2.06. The van der Waals surface area contributed by atoms with Crippen LogP contribution in [0.4, 0.5) is 5.69 Å². The summed E-state index contributed by atoms with van der Waals surface area (Å²) in [7, 11) is 4.20. The van der Waals surface area contributed by atoms with Crippen LogP contribution in [0.3, 0.4) is 0 Å². The lowest BCUT2D eigenvalue weighted by Gasteiger charge is -2.17. The Balaban J connectivity index is 2.81. The molecule has 0 radical (unpaired) electrons. The third kappa shape index (κ3) is 1.70. The molecule has 0 N–H and O–H groups in total. The fourth-order valence-corrected chi connectivity index (χ4v) is 2.06. The van der Waals surface area contributed by atoms with Gasteiger partial charge in [-0.05, 0) is 23.4 Å². The third-order valence-corrected chi connectivity index (χ3v) is 2.83. The molecule has 0 spiro atoms. The van der Waals surface area contributed by atoms with E-state index in [0.717, 1.165) is 6.42 Å². The van der Waals surface area contributed by atoms with Gasteiger partial charge < -0.3 is 4.90 Å². The topological polar surface area (TPSA) is 3.24 Å². The van der Waals surface area contributed by atoms with E-state index in [9.17, 15) is 0 Å². The van der Waals surface area contributed by atoms with E-state index in [4.69, 9.17) is 0 Å². The molecular formula is C14H17N. The number of hydrogen-bond donors (Lipinski definition) is 0. The van der Waals surface area contributed by atoms with Gasteiger partial charge in [-0.15, -0.1) is 0 Å². The molecule has 0 saturated heterocycles. The summed E-state index contributed by atoms with van der Waals surface area (Å²) in [4.78, 5) is 2.18. The van der Waals surface area contributed by atoms with Crippen molar-refractivity contribution in [2.75, 3.05) is 19.0 Å². The highest BCUT2D eigenvalue weighted by Crippen LogP contribution is 2.28. The molecule has 0 saturated carbocycles. The van der Waals surface area contributed by atoms with Crippen molar-refractivity contribution in [3.63, 3.8) is 0 Å². The molecule has 1 nitrogen and oxygen atoms in total. The average Bonchev–Trinajstić information content (AvgIpc) is 2.27. The standard InChI is InChI=1S/C14H17N/c1-4-11-7-5-8-12-9-6-10-13(14(11)12)15(2)3/h5-10H,4H2,1-3H3. The lowest BCUT2D eigenvalue weighted by molar-refractivity contribution is 1.12. The van der Waals surface area contributed by atoms with Gasteiger partial charge in [0.1, 0.15) is 0 Å². The molecule has 0 aromatic heterocycles. The van der Waals surface area contributed by atoms with Crippen LogP contribution < -0.4 is 4.90 Å². The van der Waals surface area contributed by atoms with Crippen LogP contribution in [0.2, 0.25) is 0 Å². The number of fused-ring (bicyclic) bond motifs is 1. The Labute approximate surface area is 91.3 Å². The minimum Gasteiger partial charge on any atom is -0.377 e. The first-order chi connectivity index (χ1) is 7.24. The average molecular weight is 199 g/mol. The van der Waals surface area contributed by atoms with Crippen LogP contribution in [0.25, 0.3) is 10.8 Å². The Morgan fingerprint density at radius 3 is 2.27 bits per heavy atom. The normalized spacial score (nSPS) is 10.6. The second kappa shape index (κ2) is 3.93. The van der Waals surface area contributed by atoms with Crippen LogP contribution in [0, 0.1) is 0 Å². The van der Waals surface area contributed by atoms with Gasteiger partial charge in [0.25, 0.3) is 0 Å². The van der Waals surface area contributed by atoms with Crippen molar-refractivity contribution in [2.24, 2.45) is 0 Å². The molecular weight excluding hydrogens is 182 g/mol. The number of hydrogen-bond acceptors (Lipinski definition) is 1. The van der Waals surface area contributed by atoms with E-state index in [1.54, 1.807) is 0 Å². The molecule has 0 unspecified atom stereocenters. The summed E-state index contributed by atoms with van der Waals surface area (Å²) >= 11 is 0. The highest BCUT2D eigenvalue weighted by atomic mass is 15.1. The van der Waals surface area contributed by atoms with E-state index < -0.39 is 0 Å². The second-order valence-corrected chi connectivity index (χ2v) is 4.04. The molecule has 15 heavy (non-hydrogen) atoms. The Bertz CT molecular complexity index is 466.